The first-order valence-corrected chi connectivity index (χ1v) is 3.94. The van der Waals surface area contributed by atoms with Crippen molar-refractivity contribution in [3.63, 3.8) is 0 Å². The van der Waals surface area contributed by atoms with Crippen molar-refractivity contribution in [1.29, 1.82) is 0 Å². The average Bonchev–Trinajstić information content (AvgIpc) is 1.88. The van der Waals surface area contributed by atoms with Crippen LogP contribution in [0.3, 0.4) is 0 Å². The Morgan fingerprint density at radius 2 is 1.36 bits per heavy atom. The molecule has 0 rings (SSSR count). The van der Waals surface area contributed by atoms with E-state index in [9.17, 15) is 0 Å². The molecule has 0 aliphatic heterocycles. The molecule has 0 radical (unpaired) electrons. The van der Waals surface area contributed by atoms with Crippen LogP contribution in [-0.2, 0) is 4.74 Å². The van der Waals surface area contributed by atoms with Crippen LogP contribution in [0.4, 0.5) is 0 Å². The molecule has 0 N–H and O–H groups in total. The molecule has 0 aliphatic rings. The van der Waals surface area contributed by atoms with Crippen molar-refractivity contribution in [2.45, 2.75) is 20.8 Å². The summed E-state index contributed by atoms with van der Waals surface area (Å²) in [4.78, 5) is 0. The predicted molar refractivity (Wildman–Crippen MR) is 51.7 cm³/mol. The van der Waals surface area contributed by atoms with E-state index in [1.165, 1.54) is 0 Å². The van der Waals surface area contributed by atoms with Crippen molar-refractivity contribution < 1.29 is 4.74 Å². The minimum atomic E-state index is 0.617. The van der Waals surface area contributed by atoms with E-state index in [4.69, 9.17) is 4.74 Å². The van der Waals surface area contributed by atoms with E-state index < -0.39 is 0 Å². The molecule has 0 aromatic heterocycles. The van der Waals surface area contributed by atoms with Gasteiger partial charge in [-0.15, -0.1) is 13.2 Å². The maximum absolute atomic E-state index is 4.90. The Labute approximate surface area is 70.8 Å². The molecule has 0 heterocycles. The fraction of sp³-hybridized carbons (Fsp3) is 0.600. The first-order valence-electron chi connectivity index (χ1n) is 3.94. The Hall–Kier alpha value is -0.560. The summed E-state index contributed by atoms with van der Waals surface area (Å²) in [6, 6.07) is 0. The highest BCUT2D eigenvalue weighted by Crippen LogP contribution is 1.81. The number of hydrogen-bond donors (Lipinski definition) is 0. The van der Waals surface area contributed by atoms with E-state index in [1.54, 1.807) is 12.2 Å². The van der Waals surface area contributed by atoms with Crippen LogP contribution in [0.25, 0.3) is 0 Å². The maximum atomic E-state index is 4.90. The molecule has 0 amide bonds. The van der Waals surface area contributed by atoms with E-state index in [0.29, 0.717) is 13.2 Å². The third kappa shape index (κ3) is 44.2. The molecule has 0 fully saturated rings. The summed E-state index contributed by atoms with van der Waals surface area (Å²) in [5.74, 6) is 0.833. The molecule has 66 valence electrons. The minimum absolute atomic E-state index is 0.617. The van der Waals surface area contributed by atoms with Gasteiger partial charge >= 0.3 is 0 Å². The zero-order valence-corrected chi connectivity index (χ0v) is 7.97. The van der Waals surface area contributed by atoms with Gasteiger partial charge in [-0.2, -0.15) is 0 Å². The third-order valence-corrected chi connectivity index (χ3v) is 0.471. The highest BCUT2D eigenvalue weighted by molar-refractivity contribution is 4.68. The first-order chi connectivity index (χ1) is 5.15. The van der Waals surface area contributed by atoms with Crippen molar-refractivity contribution in [2.24, 2.45) is 5.92 Å². The second-order valence-electron chi connectivity index (χ2n) is 2.85. The summed E-state index contributed by atoms with van der Waals surface area (Å²) >= 11 is 0. The van der Waals surface area contributed by atoms with Gasteiger partial charge in [0.25, 0.3) is 0 Å². The summed E-state index contributed by atoms with van der Waals surface area (Å²) in [5, 5.41) is 0. The molecular formula is C10H20O. The van der Waals surface area contributed by atoms with Crippen LogP contribution >= 0.6 is 0 Å². The van der Waals surface area contributed by atoms with Crippen LogP contribution in [0.15, 0.2) is 25.3 Å². The summed E-state index contributed by atoms with van der Waals surface area (Å²) in [7, 11) is 0. The van der Waals surface area contributed by atoms with Crippen molar-refractivity contribution in [3.05, 3.63) is 25.3 Å². The van der Waals surface area contributed by atoms with Gasteiger partial charge in [-0.25, -0.2) is 0 Å². The molecule has 0 aliphatic carbocycles. The normalized spacial score (nSPS) is 8.36. The van der Waals surface area contributed by atoms with Crippen LogP contribution in [0.1, 0.15) is 20.8 Å². The van der Waals surface area contributed by atoms with Gasteiger partial charge in [0.05, 0.1) is 13.2 Å². The van der Waals surface area contributed by atoms with Gasteiger partial charge in [0.15, 0.2) is 0 Å². The van der Waals surface area contributed by atoms with Crippen molar-refractivity contribution >= 4 is 0 Å². The predicted octanol–water partition coefficient (Wildman–Crippen LogP) is 3.04. The second-order valence-corrected chi connectivity index (χ2v) is 2.85. The molecule has 0 bridgehead atoms. The minimum Gasteiger partial charge on any atom is -0.373 e. The zero-order chi connectivity index (χ0) is 9.11. The monoisotopic (exact) mass is 156 g/mol. The molecule has 1 heteroatoms. The van der Waals surface area contributed by atoms with Gasteiger partial charge < -0.3 is 4.74 Å². The van der Waals surface area contributed by atoms with Gasteiger partial charge in [0.1, 0.15) is 0 Å². The summed E-state index contributed by atoms with van der Waals surface area (Å²) in [6.45, 7) is 14.7. The maximum Gasteiger partial charge on any atom is 0.0649 e. The van der Waals surface area contributed by atoms with Crippen molar-refractivity contribution in [1.82, 2.24) is 0 Å². The Morgan fingerprint density at radius 3 is 1.55 bits per heavy atom. The van der Waals surface area contributed by atoms with Crippen molar-refractivity contribution in [3.8, 4) is 0 Å². The fourth-order valence-electron chi connectivity index (χ4n) is 0.235. The highest BCUT2D eigenvalue weighted by atomic mass is 16.5. The van der Waals surface area contributed by atoms with Gasteiger partial charge in [-0.1, -0.05) is 32.9 Å². The lowest BCUT2D eigenvalue weighted by Crippen LogP contribution is -1.87. The SMILES string of the molecule is C=CCOCC=C.CC(C)C. The fourth-order valence-corrected chi connectivity index (χ4v) is 0.235. The Kier molecular flexibility index (Phi) is 14.4. The van der Waals surface area contributed by atoms with Gasteiger partial charge in [-0.3, -0.25) is 0 Å². The van der Waals surface area contributed by atoms with Gasteiger partial charge in [0, 0.05) is 0 Å². The standard InChI is InChI=1S/C6H10O.C4H10/c1-3-5-7-6-4-2;1-4(2)3/h3-4H,1-2,5-6H2;4H,1-3H3. The Balaban J connectivity index is 0. The van der Waals surface area contributed by atoms with E-state index in [0.717, 1.165) is 5.92 Å². The van der Waals surface area contributed by atoms with Gasteiger partial charge in [0.2, 0.25) is 0 Å². The molecular weight excluding hydrogens is 136 g/mol. The second kappa shape index (κ2) is 12.1. The molecule has 0 saturated carbocycles. The third-order valence-electron chi connectivity index (χ3n) is 0.471. The molecule has 0 aromatic rings. The number of hydrogen-bond acceptors (Lipinski definition) is 1. The largest absolute Gasteiger partial charge is 0.373 e. The van der Waals surface area contributed by atoms with E-state index in [1.807, 2.05) is 0 Å². The lowest BCUT2D eigenvalue weighted by atomic mass is 10.3. The number of rotatable bonds is 4. The lowest BCUT2D eigenvalue weighted by Gasteiger charge is -1.89. The molecule has 0 unspecified atom stereocenters. The molecule has 0 spiro atoms. The van der Waals surface area contributed by atoms with Crippen LogP contribution in [-0.4, -0.2) is 13.2 Å². The van der Waals surface area contributed by atoms with E-state index in [2.05, 4.69) is 33.9 Å². The van der Waals surface area contributed by atoms with Crippen molar-refractivity contribution in [2.75, 3.05) is 13.2 Å². The molecule has 11 heavy (non-hydrogen) atoms. The Bertz CT molecular complexity index is 74.1. The molecule has 1 nitrogen and oxygen atoms in total. The highest BCUT2D eigenvalue weighted by Gasteiger charge is 1.70. The van der Waals surface area contributed by atoms with Gasteiger partial charge in [-0.05, 0) is 5.92 Å². The van der Waals surface area contributed by atoms with E-state index >= 15 is 0 Å². The summed E-state index contributed by atoms with van der Waals surface area (Å²) in [5.41, 5.74) is 0. The molecule has 0 saturated heterocycles. The quantitative estimate of drug-likeness (QED) is 0.449. The lowest BCUT2D eigenvalue weighted by molar-refractivity contribution is 0.194. The topological polar surface area (TPSA) is 9.23 Å². The number of ether oxygens (including phenoxy) is 1. The van der Waals surface area contributed by atoms with E-state index in [-0.39, 0.29) is 0 Å². The average molecular weight is 156 g/mol. The molecule has 0 aromatic carbocycles. The Morgan fingerprint density at radius 1 is 1.09 bits per heavy atom. The first kappa shape index (κ1) is 13.1. The van der Waals surface area contributed by atoms with Crippen LogP contribution in [0.2, 0.25) is 0 Å². The molecule has 0 atom stereocenters. The summed E-state index contributed by atoms with van der Waals surface area (Å²) in [6.07, 6.45) is 3.42. The summed E-state index contributed by atoms with van der Waals surface area (Å²) < 4.78 is 4.90. The van der Waals surface area contributed by atoms with Crippen LogP contribution < -0.4 is 0 Å². The zero-order valence-electron chi connectivity index (χ0n) is 7.97. The van der Waals surface area contributed by atoms with Crippen LogP contribution in [0, 0.1) is 5.92 Å². The smallest absolute Gasteiger partial charge is 0.0649 e. The van der Waals surface area contributed by atoms with Crippen LogP contribution in [0.5, 0.6) is 0 Å².